The van der Waals surface area contributed by atoms with Crippen LogP contribution >= 0.6 is 0 Å². The minimum absolute atomic E-state index is 0.630. The summed E-state index contributed by atoms with van der Waals surface area (Å²) < 4.78 is 20.0. The number of hydrogen-bond acceptors (Lipinski definition) is 11. The highest BCUT2D eigenvalue weighted by molar-refractivity contribution is 6.43. The molecule has 11 heteroatoms. The van der Waals surface area contributed by atoms with Crippen LogP contribution in [0.2, 0.25) is 0 Å². The van der Waals surface area contributed by atoms with Crippen LogP contribution in [-0.4, -0.2) is 39.9 Å². The maximum atomic E-state index is 6.72. The Labute approximate surface area is 723 Å². The van der Waals surface area contributed by atoms with E-state index < -0.39 is 0 Å². The van der Waals surface area contributed by atoms with E-state index >= 15 is 0 Å². The molecule has 0 unspecified atom stereocenters. The number of fused-ring (bicyclic) bond motifs is 4. The third-order valence-corrected chi connectivity index (χ3v) is 25.9. The lowest BCUT2D eigenvalue weighted by Gasteiger charge is -2.13. The lowest BCUT2D eigenvalue weighted by Crippen LogP contribution is -2.00. The maximum absolute atomic E-state index is 6.72. The molecule has 0 saturated heterocycles. The second-order valence-electron chi connectivity index (χ2n) is 32.9. The van der Waals surface area contributed by atoms with Gasteiger partial charge in [0.15, 0.2) is 40.8 Å². The summed E-state index contributed by atoms with van der Waals surface area (Å²) in [6, 6.07) is 135. The molecule has 6 aromatic heterocycles. The predicted molar refractivity (Wildman–Crippen MR) is 520 cm³/mol. The first-order chi connectivity index (χ1) is 62.9. The van der Waals surface area contributed by atoms with Crippen LogP contribution in [0.1, 0.15) is 0 Å². The number of aromatic nitrogens is 8. The van der Waals surface area contributed by atoms with Crippen molar-refractivity contribution < 1.29 is 13.3 Å². The zero-order valence-electron chi connectivity index (χ0n) is 67.8. The van der Waals surface area contributed by atoms with Gasteiger partial charge in [0, 0.05) is 104 Å². The van der Waals surface area contributed by atoms with Crippen molar-refractivity contribution in [2.45, 2.75) is 0 Å². The van der Waals surface area contributed by atoms with Crippen molar-refractivity contribution in [2.75, 3.05) is 0 Å². The van der Waals surface area contributed by atoms with Crippen LogP contribution in [0.25, 0.3) is 287 Å². The molecule has 0 bridgehead atoms. The molecule has 0 amide bonds. The van der Waals surface area contributed by atoms with Gasteiger partial charge in [-0.1, -0.05) is 340 Å². The molecule has 0 aliphatic rings. The first-order valence-corrected chi connectivity index (χ1v) is 42.8. The Balaban J connectivity index is 0.0000000993. The molecule has 6 heterocycles. The van der Waals surface area contributed by atoms with Gasteiger partial charge in [0.1, 0.15) is 33.5 Å². The number of furan rings is 3. The van der Waals surface area contributed by atoms with Crippen LogP contribution in [0.4, 0.5) is 0 Å². The molecule has 29 aromatic rings. The van der Waals surface area contributed by atoms with E-state index in [1.807, 2.05) is 152 Å². The standard InChI is InChI=1S/2C41H23N3O.C34H18N2O/c1-3-9-26(10-4-1)39-42-40(27-11-5-2-6-12-27)44-41(43-39)29-15-7-14-28(23-29)30-20-21-32-31-16-8-13-24-17-18-25-19-22-33-37(35(25)34(24)31)36(32)38(30)45-33;1-3-8-27(9-4-1)39-42-40(28-10-5-2-6-11-28)44-41(43-39)29-18-14-24(15-19-29)30-21-22-32-31-13-7-12-25-16-17-26-20-23-33-37(35(26)34(25)31)36(32)38(30)45-33;1-2-7-21(8-3-1)32-24-10-4-5-12-26(24)35-34(36-32)25-17-16-23-22-11-6-9-19-13-14-20-15-18-27-31(29(20)28(19)22)30(23)33(25)37-27/h2*1-23H;1-18H. The summed E-state index contributed by atoms with van der Waals surface area (Å²) >= 11 is 0. The van der Waals surface area contributed by atoms with Gasteiger partial charge in [-0.15, -0.1) is 0 Å². The summed E-state index contributed by atoms with van der Waals surface area (Å²) in [5, 5.41) is 30.9. The topological polar surface area (TPSA) is 143 Å². The molecule has 0 aliphatic carbocycles. The Morgan fingerprint density at radius 3 is 0.858 bits per heavy atom. The number of benzene rings is 23. The Hall–Kier alpha value is -17.3. The third kappa shape index (κ3) is 10.9. The number of nitrogens with zero attached hydrogens (tertiary/aromatic N) is 8. The zero-order chi connectivity index (χ0) is 83.1. The molecule has 23 aromatic carbocycles. The Morgan fingerprint density at radius 1 is 0.150 bits per heavy atom. The van der Waals surface area contributed by atoms with Gasteiger partial charge >= 0.3 is 0 Å². The predicted octanol–water partition coefficient (Wildman–Crippen LogP) is 30.7. The quantitative estimate of drug-likeness (QED) is 0.0954. The molecule has 29 rings (SSSR count). The van der Waals surface area contributed by atoms with E-state index in [0.717, 1.165) is 122 Å². The van der Waals surface area contributed by atoms with Crippen LogP contribution < -0.4 is 0 Å². The van der Waals surface area contributed by atoms with Crippen molar-refractivity contribution in [2.24, 2.45) is 0 Å². The van der Waals surface area contributed by atoms with Crippen molar-refractivity contribution in [3.63, 3.8) is 0 Å². The summed E-state index contributed by atoms with van der Waals surface area (Å²) in [4.78, 5) is 39.6. The first kappa shape index (κ1) is 70.4. The molecule has 11 nitrogen and oxygen atoms in total. The van der Waals surface area contributed by atoms with Crippen molar-refractivity contribution in [3.8, 4) is 113 Å². The second kappa shape index (κ2) is 27.6. The monoisotopic (exact) mass is 1620 g/mol. The average Bonchev–Trinajstić information content (AvgIpc) is 1.64. The number of para-hydroxylation sites is 1. The minimum atomic E-state index is 0.630. The molecule has 0 N–H and O–H groups in total. The van der Waals surface area contributed by atoms with Gasteiger partial charge in [0.2, 0.25) is 0 Å². The molecule has 586 valence electrons. The van der Waals surface area contributed by atoms with Gasteiger partial charge < -0.3 is 13.3 Å². The van der Waals surface area contributed by atoms with E-state index in [-0.39, 0.29) is 0 Å². The maximum Gasteiger partial charge on any atom is 0.164 e. The van der Waals surface area contributed by atoms with E-state index in [1.165, 1.54) is 124 Å². The van der Waals surface area contributed by atoms with Gasteiger partial charge in [-0.05, 0) is 140 Å². The molecule has 0 atom stereocenters. The van der Waals surface area contributed by atoms with Crippen LogP contribution in [0, 0.1) is 0 Å². The molecule has 0 fully saturated rings. The van der Waals surface area contributed by atoms with Gasteiger partial charge in [-0.2, -0.15) is 0 Å². The van der Waals surface area contributed by atoms with Gasteiger partial charge in [0.25, 0.3) is 0 Å². The average molecular weight is 1620 g/mol. The molecule has 0 aliphatic heterocycles. The Bertz CT molecular complexity index is 9270. The molecule has 0 spiro atoms. The largest absolute Gasteiger partial charge is 0.455 e. The molecular weight excluding hydrogens is 1550 g/mol. The van der Waals surface area contributed by atoms with E-state index in [2.05, 4.69) is 237 Å². The van der Waals surface area contributed by atoms with Crippen molar-refractivity contribution in [3.05, 3.63) is 388 Å². The minimum Gasteiger partial charge on any atom is -0.455 e. The van der Waals surface area contributed by atoms with E-state index in [1.54, 1.807) is 0 Å². The lowest BCUT2D eigenvalue weighted by atomic mass is 9.88. The van der Waals surface area contributed by atoms with Crippen LogP contribution in [0.5, 0.6) is 0 Å². The van der Waals surface area contributed by atoms with Crippen molar-refractivity contribution in [1.29, 1.82) is 0 Å². The van der Waals surface area contributed by atoms with Gasteiger partial charge in [0.05, 0.1) is 16.8 Å². The van der Waals surface area contributed by atoms with Crippen molar-refractivity contribution >= 4 is 174 Å². The smallest absolute Gasteiger partial charge is 0.164 e. The molecule has 0 radical (unpaired) electrons. The van der Waals surface area contributed by atoms with Crippen LogP contribution in [0.3, 0.4) is 0 Å². The highest BCUT2D eigenvalue weighted by Gasteiger charge is 2.29. The van der Waals surface area contributed by atoms with E-state index in [0.29, 0.717) is 40.8 Å². The summed E-state index contributed by atoms with van der Waals surface area (Å²) in [6.45, 7) is 0. The number of rotatable bonds is 10. The second-order valence-corrected chi connectivity index (χ2v) is 32.9. The highest BCUT2D eigenvalue weighted by atomic mass is 16.3. The summed E-state index contributed by atoms with van der Waals surface area (Å²) in [5.41, 5.74) is 19.2. The van der Waals surface area contributed by atoms with Gasteiger partial charge in [-0.25, -0.2) is 39.9 Å². The molecule has 127 heavy (non-hydrogen) atoms. The summed E-state index contributed by atoms with van der Waals surface area (Å²) in [5.74, 6) is 4.54. The highest BCUT2D eigenvalue weighted by Crippen LogP contribution is 2.53. The fourth-order valence-electron chi connectivity index (χ4n) is 20.2. The fourth-order valence-corrected chi connectivity index (χ4v) is 20.2. The summed E-state index contributed by atoms with van der Waals surface area (Å²) in [7, 11) is 0. The zero-order valence-corrected chi connectivity index (χ0v) is 67.8. The number of hydrogen-bond donors (Lipinski definition) is 0. The lowest BCUT2D eigenvalue weighted by molar-refractivity contribution is 0.670. The normalized spacial score (nSPS) is 12.1. The fraction of sp³-hybridized carbons (Fsp3) is 0. The molecule has 0 saturated carbocycles. The molecular formula is C116H64N8O3. The first-order valence-electron chi connectivity index (χ1n) is 42.8. The van der Waals surface area contributed by atoms with Gasteiger partial charge in [-0.3, -0.25) is 0 Å². The van der Waals surface area contributed by atoms with E-state index in [9.17, 15) is 0 Å². The van der Waals surface area contributed by atoms with Crippen LogP contribution in [0.15, 0.2) is 401 Å². The SMILES string of the molecule is c1ccc(-c2nc(-c3ccc4c5cccc6ccc7ccc8oc3c4c8c7c65)nc3ccccc23)cc1.c1ccc(-c2nc(-c3ccccc3)nc(-c3ccc(-c4ccc5c6cccc7ccc8ccc9oc4c5c9c8c76)cc3)n2)cc1.c1ccc(-c2nc(-c3ccccc3)nc(-c3cccc(-c4ccc5c6cccc7ccc8ccc9oc4c5c9c8c76)c3)n2)cc1. The van der Waals surface area contributed by atoms with E-state index in [4.69, 9.17) is 53.1 Å². The Kier molecular flexibility index (Phi) is 15.3. The Morgan fingerprint density at radius 2 is 0.441 bits per heavy atom. The van der Waals surface area contributed by atoms with Crippen molar-refractivity contribution in [1.82, 2.24) is 39.9 Å². The third-order valence-electron chi connectivity index (χ3n) is 25.9. The summed E-state index contributed by atoms with van der Waals surface area (Å²) in [6.07, 6.45) is 0. The van der Waals surface area contributed by atoms with Crippen LogP contribution in [-0.2, 0) is 0 Å².